The van der Waals surface area contributed by atoms with E-state index in [-0.39, 0.29) is 5.91 Å². The number of carbonyl (C=O) groups is 1. The molecule has 0 amide bonds. The molecule has 0 fully saturated rings. The van der Waals surface area contributed by atoms with Crippen LogP contribution in [0.3, 0.4) is 0 Å². The molecule has 4 heteroatoms. The fourth-order valence-corrected chi connectivity index (χ4v) is 4.86. The predicted molar refractivity (Wildman–Crippen MR) is 130 cm³/mol. The highest BCUT2D eigenvalue weighted by molar-refractivity contribution is 7.73. The first-order chi connectivity index (χ1) is 14.2. The van der Waals surface area contributed by atoms with Gasteiger partial charge in [0.1, 0.15) is 0 Å². The second kappa shape index (κ2) is 14.7. The van der Waals surface area contributed by atoms with E-state index in [1.165, 1.54) is 82.0 Å². The van der Waals surface area contributed by atoms with Gasteiger partial charge in [-0.05, 0) is 24.2 Å². The van der Waals surface area contributed by atoms with Crippen LogP contribution in [0.1, 0.15) is 102 Å². The minimum absolute atomic E-state index is 0.137. The Hall–Kier alpha value is -1.26. The van der Waals surface area contributed by atoms with Crippen molar-refractivity contribution in [3.05, 3.63) is 39.7 Å². The number of nitrogens with zero attached hydrogens (tertiary/aromatic N) is 1. The topological polar surface area (TPSA) is 22.0 Å². The van der Waals surface area contributed by atoms with Gasteiger partial charge in [0, 0.05) is 11.8 Å². The minimum atomic E-state index is 0.137. The van der Waals surface area contributed by atoms with Crippen LogP contribution in [0.5, 0.6) is 0 Å². The summed E-state index contributed by atoms with van der Waals surface area (Å²) in [6.07, 6.45) is 17.7. The number of unbranched alkanes of at least 4 members (excludes halogenated alkanes) is 12. The number of hydrogen-bond donors (Lipinski definition) is 0. The summed E-state index contributed by atoms with van der Waals surface area (Å²) in [7, 11) is 0. The van der Waals surface area contributed by atoms with Crippen LogP contribution in [0.25, 0.3) is 11.3 Å². The molecule has 0 saturated heterocycles. The smallest absolute Gasteiger partial charge is 0.232 e. The predicted octanol–water partition coefficient (Wildman–Crippen LogP) is 9.07. The third-order valence-corrected chi connectivity index (χ3v) is 6.70. The van der Waals surface area contributed by atoms with Gasteiger partial charge >= 0.3 is 0 Å². The van der Waals surface area contributed by atoms with Gasteiger partial charge in [0.05, 0.1) is 5.69 Å². The van der Waals surface area contributed by atoms with E-state index in [4.69, 9.17) is 12.2 Å². The largest absolute Gasteiger partial charge is 0.274 e. The number of carbonyl (C=O) groups excluding carboxylic acids is 1. The summed E-state index contributed by atoms with van der Waals surface area (Å²) in [5, 5.41) is 2.00. The minimum Gasteiger partial charge on any atom is -0.274 e. The molecule has 0 bridgehead atoms. The molecule has 2 rings (SSSR count). The Morgan fingerprint density at radius 1 is 0.828 bits per heavy atom. The Morgan fingerprint density at radius 3 is 1.90 bits per heavy atom. The second-order valence-corrected chi connectivity index (χ2v) is 9.48. The van der Waals surface area contributed by atoms with Crippen molar-refractivity contribution in [2.75, 3.05) is 0 Å². The summed E-state index contributed by atoms with van der Waals surface area (Å²) in [5.41, 5.74) is 1.99. The Balaban J connectivity index is 1.57. The van der Waals surface area contributed by atoms with Crippen molar-refractivity contribution in [1.82, 2.24) is 4.57 Å². The summed E-state index contributed by atoms with van der Waals surface area (Å²) in [5.74, 6) is 0.137. The van der Waals surface area contributed by atoms with E-state index in [0.29, 0.717) is 10.4 Å². The van der Waals surface area contributed by atoms with Crippen molar-refractivity contribution >= 4 is 29.5 Å². The molecule has 1 heterocycles. The monoisotopic (exact) mass is 431 g/mol. The third-order valence-electron chi connectivity index (χ3n) is 5.51. The van der Waals surface area contributed by atoms with Gasteiger partial charge in [-0.15, -0.1) is 11.3 Å². The van der Waals surface area contributed by atoms with Crippen LogP contribution < -0.4 is 0 Å². The first-order valence-electron chi connectivity index (χ1n) is 11.5. The van der Waals surface area contributed by atoms with Crippen LogP contribution in [-0.4, -0.2) is 10.5 Å². The van der Waals surface area contributed by atoms with E-state index in [1.54, 1.807) is 4.57 Å². The van der Waals surface area contributed by atoms with Gasteiger partial charge in [0.2, 0.25) is 5.91 Å². The fourth-order valence-electron chi connectivity index (χ4n) is 3.76. The molecule has 0 N–H and O–H groups in total. The van der Waals surface area contributed by atoms with Gasteiger partial charge < -0.3 is 0 Å². The molecular formula is C25H37NOS2. The zero-order chi connectivity index (χ0) is 20.7. The van der Waals surface area contributed by atoms with Crippen molar-refractivity contribution < 1.29 is 4.79 Å². The molecule has 1 aromatic carbocycles. The first kappa shape index (κ1) is 24.0. The zero-order valence-electron chi connectivity index (χ0n) is 18.0. The van der Waals surface area contributed by atoms with Gasteiger partial charge in [0.25, 0.3) is 0 Å². The summed E-state index contributed by atoms with van der Waals surface area (Å²) < 4.78 is 2.39. The van der Waals surface area contributed by atoms with Gasteiger partial charge in [-0.25, -0.2) is 0 Å². The van der Waals surface area contributed by atoms with Crippen molar-refractivity contribution in [2.45, 2.75) is 96.8 Å². The normalized spacial score (nSPS) is 11.1. The van der Waals surface area contributed by atoms with Gasteiger partial charge in [-0.3, -0.25) is 9.36 Å². The fraction of sp³-hybridized carbons (Fsp3) is 0.600. The lowest BCUT2D eigenvalue weighted by Crippen LogP contribution is -2.11. The van der Waals surface area contributed by atoms with E-state index in [0.717, 1.165) is 24.1 Å². The number of rotatable bonds is 15. The molecule has 2 nitrogen and oxygen atoms in total. The number of benzene rings is 1. The number of thiazole rings is 1. The molecule has 0 aliphatic carbocycles. The average Bonchev–Trinajstić information content (AvgIpc) is 3.13. The molecule has 29 heavy (non-hydrogen) atoms. The SMILES string of the molecule is CCCCCCCCCCCCCCCC(=O)n1c(-c2ccccc2)csc1=S. The lowest BCUT2D eigenvalue weighted by molar-refractivity contribution is 0.0900. The van der Waals surface area contributed by atoms with E-state index in [2.05, 4.69) is 6.92 Å². The Kier molecular flexibility index (Phi) is 12.2. The number of aromatic nitrogens is 1. The second-order valence-electron chi connectivity index (χ2n) is 7.97. The van der Waals surface area contributed by atoms with Crippen LogP contribution in [0, 0.1) is 3.95 Å². The quantitative estimate of drug-likeness (QED) is 0.207. The van der Waals surface area contributed by atoms with E-state index in [1.807, 2.05) is 35.7 Å². The van der Waals surface area contributed by atoms with Crippen LogP contribution >= 0.6 is 23.6 Å². The van der Waals surface area contributed by atoms with Gasteiger partial charge in [0.15, 0.2) is 3.95 Å². The van der Waals surface area contributed by atoms with Gasteiger partial charge in [-0.2, -0.15) is 0 Å². The molecule has 0 aliphatic heterocycles. The first-order valence-corrected chi connectivity index (χ1v) is 12.8. The van der Waals surface area contributed by atoms with Crippen molar-refractivity contribution in [2.24, 2.45) is 0 Å². The van der Waals surface area contributed by atoms with Crippen LogP contribution in [-0.2, 0) is 0 Å². The maximum atomic E-state index is 12.7. The summed E-state index contributed by atoms with van der Waals surface area (Å²) >= 11 is 6.88. The molecule has 0 unspecified atom stereocenters. The molecule has 0 spiro atoms. The Labute approximate surface area is 186 Å². The number of hydrogen-bond acceptors (Lipinski definition) is 3. The Bertz CT molecular complexity index is 748. The maximum Gasteiger partial charge on any atom is 0.232 e. The van der Waals surface area contributed by atoms with E-state index < -0.39 is 0 Å². The summed E-state index contributed by atoms with van der Waals surface area (Å²) in [6, 6.07) is 10.1. The highest BCUT2D eigenvalue weighted by Gasteiger charge is 2.13. The third kappa shape index (κ3) is 8.96. The standard InChI is InChI=1S/C25H37NOS2/c1-2-3-4-5-6-7-8-9-10-11-12-13-17-20-24(27)26-23(21-29-25(26)28)22-18-15-14-16-19-22/h14-16,18-19,21H,2-13,17,20H2,1H3. The molecule has 0 aliphatic rings. The molecule has 2 aromatic rings. The van der Waals surface area contributed by atoms with Crippen molar-refractivity contribution in [3.63, 3.8) is 0 Å². The lowest BCUT2D eigenvalue weighted by atomic mass is 10.0. The molecule has 0 atom stereocenters. The van der Waals surface area contributed by atoms with Crippen LogP contribution in [0.15, 0.2) is 35.7 Å². The molecule has 0 saturated carbocycles. The lowest BCUT2D eigenvalue weighted by Gasteiger charge is -2.08. The molecular weight excluding hydrogens is 394 g/mol. The van der Waals surface area contributed by atoms with Crippen LogP contribution in [0.2, 0.25) is 0 Å². The van der Waals surface area contributed by atoms with Crippen LogP contribution in [0.4, 0.5) is 0 Å². The summed E-state index contributed by atoms with van der Waals surface area (Å²) in [4.78, 5) is 12.7. The zero-order valence-corrected chi connectivity index (χ0v) is 19.7. The molecule has 0 radical (unpaired) electrons. The van der Waals surface area contributed by atoms with Gasteiger partial charge in [-0.1, -0.05) is 114 Å². The molecule has 160 valence electrons. The van der Waals surface area contributed by atoms with Crippen molar-refractivity contribution in [3.8, 4) is 11.3 Å². The van der Waals surface area contributed by atoms with E-state index in [9.17, 15) is 4.79 Å². The van der Waals surface area contributed by atoms with E-state index >= 15 is 0 Å². The molecule has 1 aromatic heterocycles. The summed E-state index contributed by atoms with van der Waals surface area (Å²) in [6.45, 7) is 2.27. The highest BCUT2D eigenvalue weighted by Crippen LogP contribution is 2.24. The van der Waals surface area contributed by atoms with Crippen molar-refractivity contribution in [1.29, 1.82) is 0 Å². The average molecular weight is 432 g/mol. The maximum absolute atomic E-state index is 12.7. The highest BCUT2D eigenvalue weighted by atomic mass is 32.1. The Morgan fingerprint density at radius 2 is 1.34 bits per heavy atom.